The van der Waals surface area contributed by atoms with Crippen molar-refractivity contribution >= 4 is 23.6 Å². The zero-order valence-corrected chi connectivity index (χ0v) is 16.1. The average Bonchev–Trinajstić information content (AvgIpc) is 2.62. The Kier molecular flexibility index (Phi) is 15.0. The molecule has 0 bridgehead atoms. The average molecular weight is 370 g/mol. The van der Waals surface area contributed by atoms with Gasteiger partial charge >= 0.3 is 0 Å². The molecule has 150 valence electrons. The predicted octanol–water partition coefficient (Wildman–Crippen LogP) is 2.00. The largest absolute Gasteiger partial charge is 0.273 e. The molecule has 0 saturated heterocycles. The predicted molar refractivity (Wildman–Crippen MR) is 99.3 cm³/mol. The fourth-order valence-corrected chi connectivity index (χ4v) is 2.17. The molecule has 0 aliphatic rings. The second kappa shape index (κ2) is 16.4. The minimum Gasteiger partial charge on any atom is -0.273 e. The van der Waals surface area contributed by atoms with Crippen LogP contribution < -0.4 is 21.7 Å². The van der Waals surface area contributed by atoms with E-state index in [2.05, 4.69) is 35.6 Å². The summed E-state index contributed by atoms with van der Waals surface area (Å²) in [5.74, 6) is -0.946. The highest BCUT2D eigenvalue weighted by Crippen LogP contribution is 2.01. The van der Waals surface area contributed by atoms with Crippen molar-refractivity contribution in [2.24, 2.45) is 0 Å². The van der Waals surface area contributed by atoms with Crippen molar-refractivity contribution in [3.63, 3.8) is 0 Å². The first kappa shape index (κ1) is 23.9. The van der Waals surface area contributed by atoms with Gasteiger partial charge in [0.05, 0.1) is 0 Å². The third kappa shape index (κ3) is 15.4. The number of hydrogen-bond donors (Lipinski definition) is 4. The molecule has 0 radical (unpaired) electrons. The van der Waals surface area contributed by atoms with E-state index in [-0.39, 0.29) is 36.5 Å². The molecule has 0 aromatic rings. The summed E-state index contributed by atoms with van der Waals surface area (Å²) >= 11 is 0. The highest BCUT2D eigenvalue weighted by molar-refractivity contribution is 5.82. The van der Waals surface area contributed by atoms with Crippen molar-refractivity contribution in [3.8, 4) is 0 Å². The van der Waals surface area contributed by atoms with Crippen LogP contribution in [-0.2, 0) is 19.2 Å². The van der Waals surface area contributed by atoms with Gasteiger partial charge in [-0.15, -0.1) is 0 Å². The molecule has 4 N–H and O–H groups in total. The van der Waals surface area contributed by atoms with Crippen molar-refractivity contribution in [2.45, 2.75) is 90.9 Å². The Balaban J connectivity index is 3.59. The molecule has 0 aromatic heterocycles. The molecule has 0 unspecified atom stereocenters. The maximum Gasteiger partial charge on any atom is 0.238 e. The number of carbonyl (C=O) groups is 4. The summed E-state index contributed by atoms with van der Waals surface area (Å²) in [6.45, 7) is 4.11. The van der Waals surface area contributed by atoms with E-state index in [0.717, 1.165) is 38.5 Å². The van der Waals surface area contributed by atoms with Crippen LogP contribution >= 0.6 is 0 Å². The zero-order valence-electron chi connectivity index (χ0n) is 16.1. The number of amides is 4. The SMILES string of the molecule is CCCCCC(=O)NNC(=O)CCCCC(=O)NNC(=O)CCCCC. The van der Waals surface area contributed by atoms with Gasteiger partial charge in [0.25, 0.3) is 0 Å². The zero-order chi connectivity index (χ0) is 19.6. The summed E-state index contributed by atoms with van der Waals surface area (Å²) in [4.78, 5) is 46.0. The summed E-state index contributed by atoms with van der Waals surface area (Å²) in [7, 11) is 0. The molecular weight excluding hydrogens is 336 g/mol. The Morgan fingerprint density at radius 3 is 0.923 bits per heavy atom. The summed E-state index contributed by atoms with van der Waals surface area (Å²) in [6, 6.07) is 0. The van der Waals surface area contributed by atoms with E-state index in [4.69, 9.17) is 0 Å². The normalized spacial score (nSPS) is 10.1. The van der Waals surface area contributed by atoms with Crippen LogP contribution in [0, 0.1) is 0 Å². The summed E-state index contributed by atoms with van der Waals surface area (Å²) in [5, 5.41) is 0. The number of hydrazine groups is 2. The van der Waals surface area contributed by atoms with Gasteiger partial charge in [-0.3, -0.25) is 40.9 Å². The fourth-order valence-electron chi connectivity index (χ4n) is 2.17. The molecule has 26 heavy (non-hydrogen) atoms. The quantitative estimate of drug-likeness (QED) is 0.293. The highest BCUT2D eigenvalue weighted by Gasteiger charge is 2.07. The Bertz CT molecular complexity index is 401. The molecule has 0 aliphatic heterocycles. The van der Waals surface area contributed by atoms with E-state index in [1.807, 2.05) is 0 Å². The molecule has 4 amide bonds. The van der Waals surface area contributed by atoms with Crippen LogP contribution in [0.3, 0.4) is 0 Å². The standard InChI is InChI=1S/C18H34N4O4/c1-3-5-7-11-15(23)19-21-17(25)13-9-10-14-18(26)22-20-16(24)12-8-6-4-2/h3-14H2,1-2H3,(H,19,23)(H,20,24)(H,21,25)(H,22,26). The van der Waals surface area contributed by atoms with Crippen LogP contribution in [0.15, 0.2) is 0 Å². The van der Waals surface area contributed by atoms with E-state index in [1.165, 1.54) is 0 Å². The van der Waals surface area contributed by atoms with Crippen LogP contribution in [0.1, 0.15) is 90.9 Å². The lowest BCUT2D eigenvalue weighted by atomic mass is 10.2. The van der Waals surface area contributed by atoms with Crippen molar-refractivity contribution in [1.29, 1.82) is 0 Å². The van der Waals surface area contributed by atoms with E-state index >= 15 is 0 Å². The number of unbranched alkanes of at least 4 members (excludes halogenated alkanes) is 5. The number of hydrogen-bond acceptors (Lipinski definition) is 4. The van der Waals surface area contributed by atoms with E-state index in [1.54, 1.807) is 0 Å². The molecule has 0 aliphatic carbocycles. The van der Waals surface area contributed by atoms with Crippen molar-refractivity contribution in [2.75, 3.05) is 0 Å². The second-order valence-corrected chi connectivity index (χ2v) is 6.31. The molecule has 0 spiro atoms. The van der Waals surface area contributed by atoms with Crippen molar-refractivity contribution < 1.29 is 19.2 Å². The molecule has 8 nitrogen and oxygen atoms in total. The first-order valence-electron chi connectivity index (χ1n) is 9.64. The minimum atomic E-state index is -0.279. The van der Waals surface area contributed by atoms with Crippen molar-refractivity contribution in [3.05, 3.63) is 0 Å². The lowest BCUT2D eigenvalue weighted by Gasteiger charge is -2.08. The summed E-state index contributed by atoms with van der Waals surface area (Å²) in [5.41, 5.74) is 9.49. The smallest absolute Gasteiger partial charge is 0.238 e. The minimum absolute atomic E-state index is 0.194. The topological polar surface area (TPSA) is 116 Å². The lowest BCUT2D eigenvalue weighted by Crippen LogP contribution is -2.42. The maximum atomic E-state index is 11.6. The number of nitrogens with one attached hydrogen (secondary N) is 4. The first-order chi connectivity index (χ1) is 12.5. The van der Waals surface area contributed by atoms with Gasteiger partial charge in [0.2, 0.25) is 23.6 Å². The molecule has 0 rings (SSSR count). The second-order valence-electron chi connectivity index (χ2n) is 6.31. The monoisotopic (exact) mass is 370 g/mol. The van der Waals surface area contributed by atoms with Gasteiger partial charge in [0.1, 0.15) is 0 Å². The molecule has 0 heterocycles. The van der Waals surface area contributed by atoms with Gasteiger partial charge in [-0.05, 0) is 25.7 Å². The van der Waals surface area contributed by atoms with E-state index in [9.17, 15) is 19.2 Å². The van der Waals surface area contributed by atoms with Gasteiger partial charge in [-0.25, -0.2) is 0 Å². The van der Waals surface area contributed by atoms with Gasteiger partial charge in [-0.2, -0.15) is 0 Å². The Morgan fingerprint density at radius 2 is 0.692 bits per heavy atom. The molecular formula is C18H34N4O4. The third-order valence-electron chi connectivity index (χ3n) is 3.76. The van der Waals surface area contributed by atoms with Gasteiger partial charge in [-0.1, -0.05) is 39.5 Å². The van der Waals surface area contributed by atoms with Crippen LogP contribution in [0.5, 0.6) is 0 Å². The molecule has 0 aromatic carbocycles. The van der Waals surface area contributed by atoms with Gasteiger partial charge < -0.3 is 0 Å². The van der Waals surface area contributed by atoms with Crippen LogP contribution in [0.4, 0.5) is 0 Å². The Hall–Kier alpha value is -2.12. The third-order valence-corrected chi connectivity index (χ3v) is 3.76. The van der Waals surface area contributed by atoms with Crippen molar-refractivity contribution in [1.82, 2.24) is 21.7 Å². The number of carbonyl (C=O) groups excluding carboxylic acids is 4. The molecule has 8 heteroatoms. The van der Waals surface area contributed by atoms with E-state index in [0.29, 0.717) is 25.7 Å². The molecule has 0 saturated carbocycles. The van der Waals surface area contributed by atoms with Gasteiger partial charge in [0.15, 0.2) is 0 Å². The fraction of sp³-hybridized carbons (Fsp3) is 0.778. The molecule has 0 fully saturated rings. The lowest BCUT2D eigenvalue weighted by molar-refractivity contribution is -0.129. The Labute approximate surface area is 156 Å². The molecule has 0 atom stereocenters. The highest BCUT2D eigenvalue weighted by atomic mass is 16.2. The van der Waals surface area contributed by atoms with Crippen LogP contribution in [0.25, 0.3) is 0 Å². The number of rotatable bonds is 13. The maximum absolute atomic E-state index is 11.6. The summed E-state index contributed by atoms with van der Waals surface area (Å²) < 4.78 is 0. The van der Waals surface area contributed by atoms with Crippen LogP contribution in [0.2, 0.25) is 0 Å². The first-order valence-corrected chi connectivity index (χ1v) is 9.64. The Morgan fingerprint density at radius 1 is 0.462 bits per heavy atom. The van der Waals surface area contributed by atoms with Crippen LogP contribution in [-0.4, -0.2) is 23.6 Å². The summed E-state index contributed by atoms with van der Waals surface area (Å²) in [6.07, 6.45) is 7.97. The van der Waals surface area contributed by atoms with E-state index < -0.39 is 0 Å². The van der Waals surface area contributed by atoms with Gasteiger partial charge in [0, 0.05) is 25.7 Å².